The van der Waals surface area contributed by atoms with Crippen LogP contribution in [0.2, 0.25) is 0 Å². The van der Waals surface area contributed by atoms with Crippen molar-refractivity contribution in [1.29, 1.82) is 0 Å². The minimum absolute atomic E-state index is 0.254. The molecule has 1 saturated heterocycles. The van der Waals surface area contributed by atoms with Crippen molar-refractivity contribution in [3.05, 3.63) is 48.2 Å². The molecule has 1 aliphatic heterocycles. The first-order chi connectivity index (χ1) is 14.3. The van der Waals surface area contributed by atoms with Crippen LogP contribution in [0.25, 0.3) is 11.3 Å². The summed E-state index contributed by atoms with van der Waals surface area (Å²) in [5.74, 6) is 1.55. The molecule has 1 aromatic carbocycles. The number of aromatic nitrogens is 1. The van der Waals surface area contributed by atoms with Crippen LogP contribution in [-0.4, -0.2) is 59.9 Å². The van der Waals surface area contributed by atoms with E-state index in [1.165, 1.54) is 0 Å². The fraction of sp³-hybridized carbons (Fsp3) is 0.478. The number of allylic oxidation sites excluding steroid dienone is 1. The predicted molar refractivity (Wildman–Crippen MR) is 115 cm³/mol. The number of nitrogens with zero attached hydrogens (tertiary/aromatic N) is 3. The minimum atomic E-state index is -0.477. The smallest absolute Gasteiger partial charge is 0.410 e. The molecule has 7 heteroatoms. The van der Waals surface area contributed by atoms with Gasteiger partial charge in [0.25, 0.3) is 0 Å². The molecule has 3 rings (SSSR count). The van der Waals surface area contributed by atoms with Crippen LogP contribution in [0.1, 0.15) is 32.1 Å². The first kappa shape index (κ1) is 21.9. The Hall–Kier alpha value is -2.80. The fourth-order valence-electron chi connectivity index (χ4n) is 3.39. The molecule has 0 N–H and O–H groups in total. The lowest BCUT2D eigenvalue weighted by molar-refractivity contribution is 0.0133. The maximum atomic E-state index is 12.2. The van der Waals surface area contributed by atoms with E-state index in [4.69, 9.17) is 14.0 Å². The summed E-state index contributed by atoms with van der Waals surface area (Å²) in [5, 5.41) is 4.23. The Morgan fingerprint density at radius 1 is 1.23 bits per heavy atom. The maximum absolute atomic E-state index is 12.2. The van der Waals surface area contributed by atoms with Gasteiger partial charge in [-0.15, -0.1) is 6.58 Å². The number of ether oxygens (including phenoxy) is 2. The third kappa shape index (κ3) is 5.63. The van der Waals surface area contributed by atoms with Gasteiger partial charge in [0.2, 0.25) is 0 Å². The Morgan fingerprint density at radius 3 is 2.60 bits per heavy atom. The van der Waals surface area contributed by atoms with Crippen molar-refractivity contribution in [3.63, 3.8) is 0 Å². The summed E-state index contributed by atoms with van der Waals surface area (Å²) >= 11 is 0. The fourth-order valence-corrected chi connectivity index (χ4v) is 3.39. The number of hydrogen-bond acceptors (Lipinski definition) is 6. The molecule has 0 saturated carbocycles. The molecule has 0 unspecified atom stereocenters. The number of rotatable bonds is 6. The van der Waals surface area contributed by atoms with E-state index < -0.39 is 5.60 Å². The maximum Gasteiger partial charge on any atom is 0.410 e. The Kier molecular flexibility index (Phi) is 6.82. The zero-order chi connectivity index (χ0) is 21.7. The Morgan fingerprint density at radius 2 is 1.97 bits per heavy atom. The number of methoxy groups -OCH3 is 1. The molecule has 7 nitrogen and oxygen atoms in total. The molecule has 0 bridgehead atoms. The SMILES string of the molecule is C=CCc1ccc(-c2cc(CN3CCN(C(=O)OC(C)(C)C)CC3)on2)c(OC)c1. The summed E-state index contributed by atoms with van der Waals surface area (Å²) in [6.07, 6.45) is 2.40. The highest BCUT2D eigenvalue weighted by Crippen LogP contribution is 2.31. The van der Waals surface area contributed by atoms with Crippen LogP contribution in [0.3, 0.4) is 0 Å². The number of hydrogen-bond donors (Lipinski definition) is 0. The molecule has 0 aliphatic carbocycles. The quantitative estimate of drug-likeness (QED) is 0.664. The largest absolute Gasteiger partial charge is 0.496 e. The van der Waals surface area contributed by atoms with Crippen molar-refractivity contribution in [2.24, 2.45) is 0 Å². The number of benzene rings is 1. The van der Waals surface area contributed by atoms with Crippen molar-refractivity contribution in [1.82, 2.24) is 15.0 Å². The van der Waals surface area contributed by atoms with E-state index in [0.717, 1.165) is 47.8 Å². The summed E-state index contributed by atoms with van der Waals surface area (Å²) in [6.45, 7) is 12.8. The molecular weight excluding hydrogens is 382 g/mol. The van der Waals surface area contributed by atoms with E-state index in [1.807, 2.05) is 51.1 Å². The van der Waals surface area contributed by atoms with E-state index in [9.17, 15) is 4.79 Å². The molecule has 2 aromatic rings. The van der Waals surface area contributed by atoms with E-state index >= 15 is 0 Å². The molecule has 1 amide bonds. The zero-order valence-electron chi connectivity index (χ0n) is 18.3. The standard InChI is InChI=1S/C23H31N3O4/c1-6-7-17-8-9-19(21(14-17)28-5)20-15-18(30-24-20)16-25-10-12-26(13-11-25)22(27)29-23(2,3)4/h6,8-9,14-15H,1,7,10-13,16H2,2-5H3. The van der Waals surface area contributed by atoms with Crippen LogP contribution in [0, 0.1) is 0 Å². The van der Waals surface area contributed by atoms with Gasteiger partial charge in [0.1, 0.15) is 17.0 Å². The van der Waals surface area contributed by atoms with E-state index in [1.54, 1.807) is 12.0 Å². The first-order valence-electron chi connectivity index (χ1n) is 10.2. The molecule has 1 aliphatic rings. The molecule has 0 spiro atoms. The first-order valence-corrected chi connectivity index (χ1v) is 10.2. The molecular formula is C23H31N3O4. The van der Waals surface area contributed by atoms with Crippen LogP contribution in [0.15, 0.2) is 41.4 Å². The van der Waals surface area contributed by atoms with E-state index in [0.29, 0.717) is 19.6 Å². The lowest BCUT2D eigenvalue weighted by Crippen LogP contribution is -2.49. The average molecular weight is 414 g/mol. The van der Waals surface area contributed by atoms with Gasteiger partial charge in [-0.05, 0) is 44.9 Å². The number of amides is 1. The van der Waals surface area contributed by atoms with Gasteiger partial charge in [0.15, 0.2) is 5.76 Å². The lowest BCUT2D eigenvalue weighted by atomic mass is 10.1. The van der Waals surface area contributed by atoms with Crippen LogP contribution in [0.5, 0.6) is 5.75 Å². The molecule has 1 fully saturated rings. The summed E-state index contributed by atoms with van der Waals surface area (Å²) in [6, 6.07) is 8.00. The Balaban J connectivity index is 1.59. The van der Waals surface area contributed by atoms with Gasteiger partial charge in [0.05, 0.1) is 13.7 Å². The van der Waals surface area contributed by atoms with E-state index in [2.05, 4.69) is 16.6 Å². The normalized spacial score (nSPS) is 15.1. The predicted octanol–water partition coefficient (Wildman–Crippen LogP) is 4.13. The van der Waals surface area contributed by atoms with Gasteiger partial charge in [-0.3, -0.25) is 4.90 Å². The molecule has 0 radical (unpaired) electrons. The second-order valence-electron chi connectivity index (χ2n) is 8.45. The third-order valence-electron chi connectivity index (χ3n) is 4.88. The summed E-state index contributed by atoms with van der Waals surface area (Å²) < 4.78 is 16.6. The number of carbonyl (C=O) groups is 1. The highest BCUT2D eigenvalue weighted by atomic mass is 16.6. The van der Waals surface area contributed by atoms with Crippen molar-refractivity contribution in [2.45, 2.75) is 39.3 Å². The molecule has 2 heterocycles. The summed E-state index contributed by atoms with van der Waals surface area (Å²) in [7, 11) is 1.65. The van der Waals surface area contributed by atoms with Crippen LogP contribution >= 0.6 is 0 Å². The average Bonchev–Trinajstić information content (AvgIpc) is 3.15. The van der Waals surface area contributed by atoms with Crippen molar-refractivity contribution in [3.8, 4) is 17.0 Å². The Labute approximate surface area is 178 Å². The zero-order valence-corrected chi connectivity index (χ0v) is 18.3. The third-order valence-corrected chi connectivity index (χ3v) is 4.88. The molecule has 1 aromatic heterocycles. The topological polar surface area (TPSA) is 68.0 Å². The molecule has 30 heavy (non-hydrogen) atoms. The second kappa shape index (κ2) is 9.34. The van der Waals surface area contributed by atoms with Gasteiger partial charge < -0.3 is 18.9 Å². The van der Waals surface area contributed by atoms with Crippen molar-refractivity contribution < 1.29 is 18.8 Å². The minimum Gasteiger partial charge on any atom is -0.496 e. The van der Waals surface area contributed by atoms with Gasteiger partial charge in [0, 0.05) is 37.8 Å². The highest BCUT2D eigenvalue weighted by Gasteiger charge is 2.26. The van der Waals surface area contributed by atoms with E-state index in [-0.39, 0.29) is 6.09 Å². The lowest BCUT2D eigenvalue weighted by Gasteiger charge is -2.35. The van der Waals surface area contributed by atoms with Crippen molar-refractivity contribution in [2.75, 3.05) is 33.3 Å². The van der Waals surface area contributed by atoms with Crippen molar-refractivity contribution >= 4 is 6.09 Å². The number of carbonyl (C=O) groups excluding carboxylic acids is 1. The van der Waals surface area contributed by atoms with Crippen LogP contribution < -0.4 is 4.74 Å². The van der Waals surface area contributed by atoms with Gasteiger partial charge in [-0.25, -0.2) is 4.79 Å². The summed E-state index contributed by atoms with van der Waals surface area (Å²) in [5.41, 5.74) is 2.31. The summed E-state index contributed by atoms with van der Waals surface area (Å²) in [4.78, 5) is 16.2. The second-order valence-corrected chi connectivity index (χ2v) is 8.45. The monoisotopic (exact) mass is 413 g/mol. The highest BCUT2D eigenvalue weighted by molar-refractivity contribution is 5.68. The van der Waals surface area contributed by atoms with Crippen LogP contribution in [-0.2, 0) is 17.7 Å². The van der Waals surface area contributed by atoms with Crippen LogP contribution in [0.4, 0.5) is 4.79 Å². The molecule has 162 valence electrons. The van der Waals surface area contributed by atoms with Gasteiger partial charge in [-0.1, -0.05) is 17.3 Å². The van der Waals surface area contributed by atoms with Gasteiger partial charge in [-0.2, -0.15) is 0 Å². The van der Waals surface area contributed by atoms with Gasteiger partial charge >= 0.3 is 6.09 Å². The molecule has 0 atom stereocenters. The number of piperazine rings is 1. The Bertz CT molecular complexity index is 877.